The van der Waals surface area contributed by atoms with Crippen LogP contribution in [0.15, 0.2) is 12.2 Å². The second-order valence-corrected chi connectivity index (χ2v) is 5.97. The molecule has 4 heteroatoms. The van der Waals surface area contributed by atoms with Gasteiger partial charge in [0.25, 0.3) is 0 Å². The molecule has 2 unspecified atom stereocenters. The Morgan fingerprint density at radius 2 is 1.26 bits per heavy atom. The Bertz CT molecular complexity index is 361. The van der Waals surface area contributed by atoms with E-state index in [9.17, 15) is 9.59 Å². The molecule has 0 saturated heterocycles. The first kappa shape index (κ1) is 14.1. The maximum atomic E-state index is 12.2. The standard InChI is InChI=1S/C15H22O4/c1-8(2)18-14(16)12-10-5-6-11(7-10)13(12)15(17)19-9(3)4/h5-6,8-13H,7H2,1-4H3/t10?,11?,12-,13-/m0/s1. The summed E-state index contributed by atoms with van der Waals surface area (Å²) < 4.78 is 10.6. The molecule has 0 aromatic rings. The minimum atomic E-state index is -0.372. The van der Waals surface area contributed by atoms with Crippen LogP contribution in [0, 0.1) is 23.7 Å². The zero-order valence-electron chi connectivity index (χ0n) is 12.0. The second-order valence-electron chi connectivity index (χ2n) is 5.97. The molecule has 4 nitrogen and oxygen atoms in total. The van der Waals surface area contributed by atoms with Crippen LogP contribution < -0.4 is 0 Å². The molecule has 4 atom stereocenters. The highest BCUT2D eigenvalue weighted by atomic mass is 16.6. The van der Waals surface area contributed by atoms with E-state index in [-0.39, 0.29) is 47.8 Å². The van der Waals surface area contributed by atoms with Crippen LogP contribution in [-0.2, 0) is 19.1 Å². The van der Waals surface area contributed by atoms with Gasteiger partial charge >= 0.3 is 11.9 Å². The molecule has 1 fully saturated rings. The Morgan fingerprint density at radius 3 is 1.58 bits per heavy atom. The number of fused-ring (bicyclic) bond motifs is 2. The van der Waals surface area contributed by atoms with E-state index >= 15 is 0 Å². The van der Waals surface area contributed by atoms with Crippen LogP contribution in [0.1, 0.15) is 34.1 Å². The number of carbonyl (C=O) groups excluding carboxylic acids is 2. The van der Waals surface area contributed by atoms with Crippen LogP contribution in [-0.4, -0.2) is 24.1 Å². The fourth-order valence-corrected chi connectivity index (χ4v) is 3.09. The quantitative estimate of drug-likeness (QED) is 0.579. The lowest BCUT2D eigenvalue weighted by Gasteiger charge is -2.26. The number of ether oxygens (including phenoxy) is 2. The molecule has 0 amide bonds. The molecule has 1 saturated carbocycles. The minimum absolute atomic E-state index is 0.126. The molecule has 0 N–H and O–H groups in total. The number of hydrogen-bond donors (Lipinski definition) is 0. The molecule has 0 radical (unpaired) electrons. The maximum absolute atomic E-state index is 12.2. The molecule has 2 bridgehead atoms. The van der Waals surface area contributed by atoms with E-state index in [4.69, 9.17) is 9.47 Å². The summed E-state index contributed by atoms with van der Waals surface area (Å²) in [5, 5.41) is 0. The van der Waals surface area contributed by atoms with Gasteiger partial charge in [0.15, 0.2) is 0 Å². The molecular formula is C15H22O4. The van der Waals surface area contributed by atoms with Gasteiger partial charge in [0.1, 0.15) is 0 Å². The third-order valence-corrected chi connectivity index (χ3v) is 3.71. The fraction of sp³-hybridized carbons (Fsp3) is 0.733. The van der Waals surface area contributed by atoms with Crippen LogP contribution in [0.5, 0.6) is 0 Å². The van der Waals surface area contributed by atoms with Crippen molar-refractivity contribution < 1.29 is 19.1 Å². The van der Waals surface area contributed by atoms with Crippen molar-refractivity contribution in [3.05, 3.63) is 12.2 Å². The lowest BCUT2D eigenvalue weighted by molar-refractivity contribution is -0.165. The Labute approximate surface area is 114 Å². The maximum Gasteiger partial charge on any atom is 0.310 e. The van der Waals surface area contributed by atoms with Crippen molar-refractivity contribution in [2.75, 3.05) is 0 Å². The number of allylic oxidation sites excluding steroid dienone is 2. The highest BCUT2D eigenvalue weighted by Gasteiger charge is 2.53. The van der Waals surface area contributed by atoms with Gasteiger partial charge in [0.05, 0.1) is 24.0 Å². The Morgan fingerprint density at radius 1 is 0.895 bits per heavy atom. The predicted octanol–water partition coefficient (Wildman–Crippen LogP) is 2.33. The summed E-state index contributed by atoms with van der Waals surface area (Å²) in [4.78, 5) is 24.4. The molecule has 0 spiro atoms. The monoisotopic (exact) mass is 266 g/mol. The normalized spacial score (nSPS) is 32.1. The van der Waals surface area contributed by atoms with Crippen molar-refractivity contribution in [1.82, 2.24) is 0 Å². The summed E-state index contributed by atoms with van der Waals surface area (Å²) in [6.45, 7) is 7.29. The molecule has 0 aromatic heterocycles. The van der Waals surface area contributed by atoms with Crippen molar-refractivity contribution >= 4 is 11.9 Å². The summed E-state index contributed by atoms with van der Waals surface area (Å²) >= 11 is 0. The largest absolute Gasteiger partial charge is 0.463 e. The Hall–Kier alpha value is -1.32. The van der Waals surface area contributed by atoms with Crippen molar-refractivity contribution in [3.63, 3.8) is 0 Å². The SMILES string of the molecule is CC(C)OC(=O)[C@H]1C2C=CC(C2)[C@@H]1C(=O)OC(C)C. The first-order chi connectivity index (χ1) is 8.90. The van der Waals surface area contributed by atoms with Gasteiger partial charge in [-0.3, -0.25) is 9.59 Å². The van der Waals surface area contributed by atoms with Gasteiger partial charge in [-0.2, -0.15) is 0 Å². The van der Waals surface area contributed by atoms with Crippen molar-refractivity contribution in [3.8, 4) is 0 Å². The molecule has 0 aromatic carbocycles. The summed E-state index contributed by atoms with van der Waals surface area (Å²) in [5.41, 5.74) is 0. The zero-order chi connectivity index (χ0) is 14.2. The molecule has 0 aliphatic heterocycles. The lowest BCUT2D eigenvalue weighted by Crippen LogP contribution is -2.37. The van der Waals surface area contributed by atoms with Gasteiger partial charge in [-0.15, -0.1) is 0 Å². The third-order valence-electron chi connectivity index (χ3n) is 3.71. The van der Waals surface area contributed by atoms with Crippen LogP contribution in [0.4, 0.5) is 0 Å². The topological polar surface area (TPSA) is 52.6 Å². The number of carbonyl (C=O) groups is 2. The molecule has 0 heterocycles. The third kappa shape index (κ3) is 2.82. The average Bonchev–Trinajstić information content (AvgIpc) is 2.85. The Kier molecular flexibility index (Phi) is 3.97. The Balaban J connectivity index is 2.13. The molecule has 106 valence electrons. The number of hydrogen-bond acceptors (Lipinski definition) is 4. The first-order valence-electron chi connectivity index (χ1n) is 6.99. The molecule has 2 aliphatic rings. The van der Waals surface area contributed by atoms with Crippen molar-refractivity contribution in [2.24, 2.45) is 23.7 Å². The molecule has 2 aliphatic carbocycles. The summed E-state index contributed by atoms with van der Waals surface area (Å²) in [5.74, 6) is -1.02. The first-order valence-corrected chi connectivity index (χ1v) is 6.99. The molecular weight excluding hydrogens is 244 g/mol. The number of rotatable bonds is 4. The van der Waals surface area contributed by atoms with E-state index in [1.807, 2.05) is 39.8 Å². The smallest absolute Gasteiger partial charge is 0.310 e. The van der Waals surface area contributed by atoms with Crippen molar-refractivity contribution in [1.29, 1.82) is 0 Å². The second kappa shape index (κ2) is 5.35. The van der Waals surface area contributed by atoms with Crippen LogP contribution in [0.3, 0.4) is 0 Å². The van der Waals surface area contributed by atoms with E-state index in [0.717, 1.165) is 6.42 Å². The van der Waals surface area contributed by atoms with Crippen LogP contribution >= 0.6 is 0 Å². The van der Waals surface area contributed by atoms with Crippen LogP contribution in [0.25, 0.3) is 0 Å². The minimum Gasteiger partial charge on any atom is -0.463 e. The molecule has 19 heavy (non-hydrogen) atoms. The lowest BCUT2D eigenvalue weighted by atomic mass is 9.83. The van der Waals surface area contributed by atoms with Gasteiger partial charge < -0.3 is 9.47 Å². The van der Waals surface area contributed by atoms with E-state index in [1.165, 1.54) is 0 Å². The van der Waals surface area contributed by atoms with E-state index < -0.39 is 0 Å². The van der Waals surface area contributed by atoms with Gasteiger partial charge in [0.2, 0.25) is 0 Å². The predicted molar refractivity (Wildman–Crippen MR) is 70.2 cm³/mol. The summed E-state index contributed by atoms with van der Waals surface area (Å²) in [6, 6.07) is 0. The average molecular weight is 266 g/mol. The van der Waals surface area contributed by atoms with E-state index in [1.54, 1.807) is 0 Å². The van der Waals surface area contributed by atoms with Crippen molar-refractivity contribution in [2.45, 2.75) is 46.3 Å². The number of esters is 2. The van der Waals surface area contributed by atoms with Gasteiger partial charge in [-0.1, -0.05) is 12.2 Å². The highest BCUT2D eigenvalue weighted by molar-refractivity contribution is 5.84. The zero-order valence-corrected chi connectivity index (χ0v) is 12.0. The molecule has 2 rings (SSSR count). The summed E-state index contributed by atoms with van der Waals surface area (Å²) in [7, 11) is 0. The highest BCUT2D eigenvalue weighted by Crippen LogP contribution is 2.49. The van der Waals surface area contributed by atoms with Gasteiger partial charge in [0, 0.05) is 0 Å². The van der Waals surface area contributed by atoms with Gasteiger partial charge in [-0.25, -0.2) is 0 Å². The van der Waals surface area contributed by atoms with E-state index in [0.29, 0.717) is 0 Å². The van der Waals surface area contributed by atoms with E-state index in [2.05, 4.69) is 0 Å². The summed E-state index contributed by atoms with van der Waals surface area (Å²) in [6.07, 6.45) is 4.62. The van der Waals surface area contributed by atoms with Gasteiger partial charge in [-0.05, 0) is 46.0 Å². The van der Waals surface area contributed by atoms with Crippen LogP contribution in [0.2, 0.25) is 0 Å². The fourth-order valence-electron chi connectivity index (χ4n) is 3.09.